The first-order valence-corrected chi connectivity index (χ1v) is 10.8. The van der Waals surface area contributed by atoms with Crippen molar-refractivity contribution in [3.05, 3.63) is 59.2 Å². The lowest BCUT2D eigenvalue weighted by Crippen LogP contribution is -2.44. The molecule has 1 fully saturated rings. The zero-order valence-corrected chi connectivity index (χ0v) is 19.2. The number of anilines is 1. The van der Waals surface area contributed by atoms with Crippen molar-refractivity contribution in [2.75, 3.05) is 38.2 Å². The second kappa shape index (κ2) is 10.3. The lowest BCUT2D eigenvalue weighted by Gasteiger charge is -2.28. The fourth-order valence-corrected chi connectivity index (χ4v) is 4.62. The molecule has 2 aromatic rings. The van der Waals surface area contributed by atoms with E-state index in [1.165, 1.54) is 18.1 Å². The Labute approximate surface area is 197 Å². The first-order valence-electron chi connectivity index (χ1n) is 10.8. The SMILES string of the molecule is COc1ccc([C@H]2Cc3cc(C(F)(F)F)ccc3N(CCN3CCCC3)C(=O)[C@H]2O)cc1.Cl. The quantitative estimate of drug-likeness (QED) is 0.689. The maximum atomic E-state index is 13.4. The largest absolute Gasteiger partial charge is 0.497 e. The second-order valence-electron chi connectivity index (χ2n) is 8.41. The summed E-state index contributed by atoms with van der Waals surface area (Å²) in [5.74, 6) is -0.522. The van der Waals surface area contributed by atoms with Gasteiger partial charge in [-0.05, 0) is 73.8 Å². The number of carbonyl (C=O) groups excluding carboxylic acids is 1. The van der Waals surface area contributed by atoms with Crippen LogP contribution in [-0.4, -0.2) is 55.3 Å². The Morgan fingerprint density at radius 2 is 1.73 bits per heavy atom. The number of aliphatic hydroxyl groups is 1. The van der Waals surface area contributed by atoms with Gasteiger partial charge in [-0.25, -0.2) is 0 Å². The molecule has 2 atom stereocenters. The van der Waals surface area contributed by atoms with E-state index in [0.717, 1.165) is 38.1 Å². The predicted octanol–water partition coefficient (Wildman–Crippen LogP) is 4.27. The van der Waals surface area contributed by atoms with E-state index in [-0.39, 0.29) is 18.8 Å². The highest BCUT2D eigenvalue weighted by molar-refractivity contribution is 5.98. The Kier molecular flexibility index (Phi) is 7.92. The summed E-state index contributed by atoms with van der Waals surface area (Å²) in [7, 11) is 1.53. The molecule has 33 heavy (non-hydrogen) atoms. The standard InChI is InChI=1S/C24H27F3N2O3.ClH/c1-32-19-7-4-16(5-8-19)20-15-17-14-18(24(25,26)27)6-9-21(17)29(23(31)22(20)30)13-12-28-10-2-3-11-28;/h4-9,14,20,22,30H,2-3,10-13,15H2,1H3;1H/t20-,22+;/m1./s1. The van der Waals surface area contributed by atoms with Gasteiger partial charge in [0.05, 0.1) is 12.7 Å². The minimum Gasteiger partial charge on any atom is -0.497 e. The van der Waals surface area contributed by atoms with Gasteiger partial charge < -0.3 is 19.6 Å². The Balaban J connectivity index is 0.00000306. The van der Waals surface area contributed by atoms with Gasteiger partial charge in [0.1, 0.15) is 11.9 Å². The fraction of sp³-hybridized carbons (Fsp3) is 0.458. The van der Waals surface area contributed by atoms with Gasteiger partial charge in [-0.1, -0.05) is 12.1 Å². The van der Waals surface area contributed by atoms with Crippen LogP contribution in [0.5, 0.6) is 5.75 Å². The summed E-state index contributed by atoms with van der Waals surface area (Å²) in [6.45, 7) is 2.83. The van der Waals surface area contributed by atoms with Crippen LogP contribution in [0.2, 0.25) is 0 Å². The molecule has 180 valence electrons. The summed E-state index contributed by atoms with van der Waals surface area (Å²) in [4.78, 5) is 17.0. The summed E-state index contributed by atoms with van der Waals surface area (Å²) in [5, 5.41) is 11.0. The number of hydrogen-bond donors (Lipinski definition) is 1. The zero-order chi connectivity index (χ0) is 22.9. The monoisotopic (exact) mass is 484 g/mol. The van der Waals surface area contributed by atoms with Crippen LogP contribution in [-0.2, 0) is 17.4 Å². The molecule has 2 aromatic carbocycles. The van der Waals surface area contributed by atoms with E-state index in [2.05, 4.69) is 4.90 Å². The molecule has 9 heteroatoms. The molecule has 0 aromatic heterocycles. The minimum absolute atomic E-state index is 0. The molecule has 2 aliphatic heterocycles. The first kappa shape index (κ1) is 25.3. The number of amides is 1. The second-order valence-corrected chi connectivity index (χ2v) is 8.41. The topological polar surface area (TPSA) is 53.0 Å². The van der Waals surface area contributed by atoms with Gasteiger partial charge in [0, 0.05) is 24.7 Å². The van der Waals surface area contributed by atoms with Gasteiger partial charge in [-0.2, -0.15) is 13.2 Å². The molecule has 0 radical (unpaired) electrons. The van der Waals surface area contributed by atoms with Crippen molar-refractivity contribution < 1.29 is 27.8 Å². The Bertz CT molecular complexity index is 962. The lowest BCUT2D eigenvalue weighted by atomic mass is 9.87. The number of nitrogens with zero attached hydrogens (tertiary/aromatic N) is 2. The highest BCUT2D eigenvalue weighted by Gasteiger charge is 2.38. The van der Waals surface area contributed by atoms with Gasteiger partial charge >= 0.3 is 6.18 Å². The van der Waals surface area contributed by atoms with Crippen LogP contribution < -0.4 is 9.64 Å². The Morgan fingerprint density at radius 3 is 2.33 bits per heavy atom. The third kappa shape index (κ3) is 5.45. The Morgan fingerprint density at radius 1 is 1.06 bits per heavy atom. The van der Waals surface area contributed by atoms with E-state index in [1.807, 2.05) is 0 Å². The maximum Gasteiger partial charge on any atom is 0.416 e. The van der Waals surface area contributed by atoms with Crippen LogP contribution in [0.3, 0.4) is 0 Å². The number of halogens is 4. The van der Waals surface area contributed by atoms with E-state index < -0.39 is 29.7 Å². The highest BCUT2D eigenvalue weighted by Crippen LogP contribution is 2.39. The van der Waals surface area contributed by atoms with Crippen LogP contribution in [0.1, 0.15) is 35.4 Å². The molecule has 5 nitrogen and oxygen atoms in total. The molecule has 0 bridgehead atoms. The number of benzene rings is 2. The average Bonchev–Trinajstić information content (AvgIpc) is 3.27. The van der Waals surface area contributed by atoms with E-state index in [0.29, 0.717) is 35.7 Å². The van der Waals surface area contributed by atoms with Gasteiger partial charge in [-0.3, -0.25) is 4.79 Å². The van der Waals surface area contributed by atoms with Crippen LogP contribution in [0, 0.1) is 0 Å². The first-order chi connectivity index (χ1) is 15.3. The number of aliphatic hydroxyl groups excluding tert-OH is 1. The number of hydrogen-bond acceptors (Lipinski definition) is 4. The summed E-state index contributed by atoms with van der Waals surface area (Å²) >= 11 is 0. The summed E-state index contributed by atoms with van der Waals surface area (Å²) in [5.41, 5.74) is 0.772. The van der Waals surface area contributed by atoms with Crippen molar-refractivity contribution in [2.45, 2.75) is 37.5 Å². The summed E-state index contributed by atoms with van der Waals surface area (Å²) in [6.07, 6.45) is -3.52. The van der Waals surface area contributed by atoms with Crippen LogP contribution in [0.25, 0.3) is 0 Å². The zero-order valence-electron chi connectivity index (χ0n) is 18.3. The molecule has 0 saturated carbocycles. The van der Waals surface area contributed by atoms with Crippen molar-refractivity contribution in [3.8, 4) is 5.75 Å². The van der Waals surface area contributed by atoms with Crippen molar-refractivity contribution in [1.82, 2.24) is 4.90 Å². The molecule has 4 rings (SSSR count). The van der Waals surface area contributed by atoms with Gasteiger partial charge in [0.25, 0.3) is 5.91 Å². The minimum atomic E-state index is -4.49. The number of alkyl halides is 3. The van der Waals surface area contributed by atoms with E-state index in [1.54, 1.807) is 24.3 Å². The average molecular weight is 485 g/mol. The van der Waals surface area contributed by atoms with Crippen molar-refractivity contribution in [2.24, 2.45) is 0 Å². The number of ether oxygens (including phenoxy) is 1. The van der Waals surface area contributed by atoms with Crippen LogP contribution in [0.4, 0.5) is 18.9 Å². The number of methoxy groups -OCH3 is 1. The molecular weight excluding hydrogens is 457 g/mol. The summed E-state index contributed by atoms with van der Waals surface area (Å²) in [6, 6.07) is 10.4. The van der Waals surface area contributed by atoms with Crippen molar-refractivity contribution in [3.63, 3.8) is 0 Å². The van der Waals surface area contributed by atoms with Crippen LogP contribution in [0.15, 0.2) is 42.5 Å². The molecule has 1 N–H and O–H groups in total. The molecule has 1 saturated heterocycles. The van der Waals surface area contributed by atoms with Gasteiger partial charge in [-0.15, -0.1) is 12.4 Å². The predicted molar refractivity (Wildman–Crippen MR) is 122 cm³/mol. The molecular formula is C24H28ClF3N2O3. The van der Waals surface area contributed by atoms with Crippen molar-refractivity contribution >= 4 is 24.0 Å². The Hall–Kier alpha value is -2.29. The molecule has 0 spiro atoms. The maximum absolute atomic E-state index is 13.4. The van der Waals surface area contributed by atoms with Crippen molar-refractivity contribution in [1.29, 1.82) is 0 Å². The smallest absolute Gasteiger partial charge is 0.416 e. The molecule has 2 heterocycles. The number of carbonyl (C=O) groups is 1. The lowest BCUT2D eigenvalue weighted by molar-refractivity contribution is -0.137. The van der Waals surface area contributed by atoms with Gasteiger partial charge in [0.15, 0.2) is 0 Å². The van der Waals surface area contributed by atoms with Gasteiger partial charge in [0.2, 0.25) is 0 Å². The third-order valence-corrected chi connectivity index (χ3v) is 6.42. The van der Waals surface area contributed by atoms with E-state index in [4.69, 9.17) is 4.74 Å². The normalized spacial score (nSPS) is 21.4. The highest BCUT2D eigenvalue weighted by atomic mass is 35.5. The number of fused-ring (bicyclic) bond motifs is 1. The van der Waals surface area contributed by atoms with E-state index >= 15 is 0 Å². The molecule has 2 aliphatic rings. The number of rotatable bonds is 5. The molecule has 1 amide bonds. The summed E-state index contributed by atoms with van der Waals surface area (Å²) < 4.78 is 45.4. The fourth-order valence-electron chi connectivity index (χ4n) is 4.62. The molecule has 0 unspecified atom stereocenters. The molecule has 0 aliphatic carbocycles. The van der Waals surface area contributed by atoms with E-state index in [9.17, 15) is 23.1 Å². The number of likely N-dealkylation sites (tertiary alicyclic amines) is 1. The van der Waals surface area contributed by atoms with Crippen LogP contribution >= 0.6 is 12.4 Å². The third-order valence-electron chi connectivity index (χ3n) is 6.42.